The Bertz CT molecular complexity index is 224. The Morgan fingerprint density at radius 3 is 2.62 bits per heavy atom. The summed E-state index contributed by atoms with van der Waals surface area (Å²) in [5, 5.41) is 3.41. The molecule has 1 saturated carbocycles. The summed E-state index contributed by atoms with van der Waals surface area (Å²) < 4.78 is 0. The van der Waals surface area contributed by atoms with Crippen LogP contribution in [-0.4, -0.2) is 13.1 Å². The fraction of sp³-hybridized carbons (Fsp3) is 0.667. The van der Waals surface area contributed by atoms with Gasteiger partial charge in [0.25, 0.3) is 0 Å². The summed E-state index contributed by atoms with van der Waals surface area (Å²) >= 11 is 0. The van der Waals surface area contributed by atoms with Crippen LogP contribution < -0.4 is 5.32 Å². The monoisotopic (exact) mass is 177 g/mol. The van der Waals surface area contributed by atoms with E-state index >= 15 is 0 Å². The maximum Gasteiger partial charge on any atom is 0.0205 e. The van der Waals surface area contributed by atoms with E-state index in [0.717, 1.165) is 18.4 Å². The van der Waals surface area contributed by atoms with Gasteiger partial charge in [0.05, 0.1) is 0 Å². The summed E-state index contributed by atoms with van der Waals surface area (Å²) in [4.78, 5) is 0. The Morgan fingerprint density at radius 1 is 1.15 bits per heavy atom. The SMILES string of the molecule is C1=C2CCNCC2=CC2CC12.CC. The molecule has 0 aromatic carbocycles. The number of piperidine rings is 1. The number of fused-ring (bicyclic) bond motifs is 2. The Hall–Kier alpha value is -0.560. The maximum absolute atomic E-state index is 3.41. The second-order valence-corrected chi connectivity index (χ2v) is 3.87. The molecular weight excluding hydrogens is 158 g/mol. The molecular formula is C12H19N. The molecule has 2 atom stereocenters. The Kier molecular flexibility index (Phi) is 2.54. The molecule has 0 radical (unpaired) electrons. The Morgan fingerprint density at radius 2 is 1.85 bits per heavy atom. The van der Waals surface area contributed by atoms with Crippen LogP contribution in [0.15, 0.2) is 23.3 Å². The van der Waals surface area contributed by atoms with E-state index in [0.29, 0.717) is 0 Å². The maximum atomic E-state index is 3.41. The van der Waals surface area contributed by atoms with Crippen LogP contribution in [0, 0.1) is 11.8 Å². The van der Waals surface area contributed by atoms with Crippen molar-refractivity contribution in [3.05, 3.63) is 23.3 Å². The van der Waals surface area contributed by atoms with Gasteiger partial charge in [-0.15, -0.1) is 0 Å². The lowest BCUT2D eigenvalue weighted by atomic mass is 9.93. The van der Waals surface area contributed by atoms with Crippen LogP contribution in [0.2, 0.25) is 0 Å². The van der Waals surface area contributed by atoms with Crippen molar-refractivity contribution in [2.75, 3.05) is 13.1 Å². The summed E-state index contributed by atoms with van der Waals surface area (Å²) in [5.41, 5.74) is 3.23. The smallest absolute Gasteiger partial charge is 0.0205 e. The molecule has 1 N–H and O–H groups in total. The third-order valence-electron chi connectivity index (χ3n) is 3.02. The van der Waals surface area contributed by atoms with E-state index in [4.69, 9.17) is 0 Å². The first-order valence-electron chi connectivity index (χ1n) is 5.56. The summed E-state index contributed by atoms with van der Waals surface area (Å²) in [5.74, 6) is 1.86. The fourth-order valence-corrected chi connectivity index (χ4v) is 2.21. The number of hydrogen-bond acceptors (Lipinski definition) is 1. The summed E-state index contributed by atoms with van der Waals surface area (Å²) in [6.45, 7) is 6.30. The zero-order valence-corrected chi connectivity index (χ0v) is 8.64. The van der Waals surface area contributed by atoms with Gasteiger partial charge < -0.3 is 5.32 Å². The molecule has 3 aliphatic rings. The van der Waals surface area contributed by atoms with Crippen LogP contribution in [-0.2, 0) is 0 Å². The van der Waals surface area contributed by atoms with Gasteiger partial charge in [-0.1, -0.05) is 26.0 Å². The second kappa shape index (κ2) is 3.67. The van der Waals surface area contributed by atoms with Crippen molar-refractivity contribution >= 4 is 0 Å². The predicted molar refractivity (Wildman–Crippen MR) is 56.6 cm³/mol. The molecule has 2 unspecified atom stereocenters. The van der Waals surface area contributed by atoms with Crippen LogP contribution in [0.3, 0.4) is 0 Å². The van der Waals surface area contributed by atoms with Crippen molar-refractivity contribution in [2.24, 2.45) is 11.8 Å². The molecule has 1 heterocycles. The average molecular weight is 177 g/mol. The van der Waals surface area contributed by atoms with Gasteiger partial charge in [-0.2, -0.15) is 0 Å². The van der Waals surface area contributed by atoms with Crippen molar-refractivity contribution < 1.29 is 0 Å². The van der Waals surface area contributed by atoms with E-state index in [1.165, 1.54) is 19.4 Å². The molecule has 72 valence electrons. The number of nitrogens with one attached hydrogen (secondary N) is 1. The van der Waals surface area contributed by atoms with Crippen molar-refractivity contribution in [2.45, 2.75) is 26.7 Å². The highest BCUT2D eigenvalue weighted by Gasteiger charge is 2.37. The van der Waals surface area contributed by atoms with Crippen molar-refractivity contribution in [3.8, 4) is 0 Å². The highest BCUT2D eigenvalue weighted by molar-refractivity contribution is 5.41. The lowest BCUT2D eigenvalue weighted by molar-refractivity contribution is 0.667. The van der Waals surface area contributed by atoms with E-state index < -0.39 is 0 Å². The van der Waals surface area contributed by atoms with E-state index in [9.17, 15) is 0 Å². The third-order valence-corrected chi connectivity index (χ3v) is 3.02. The summed E-state index contributed by atoms with van der Waals surface area (Å²) in [7, 11) is 0. The molecule has 1 saturated heterocycles. The molecule has 0 amide bonds. The first kappa shape index (κ1) is 9.01. The molecule has 2 fully saturated rings. The number of rotatable bonds is 0. The first-order chi connectivity index (χ1) is 6.43. The minimum absolute atomic E-state index is 0.925. The number of hydrogen-bond donors (Lipinski definition) is 1. The predicted octanol–water partition coefficient (Wildman–Crippen LogP) is 2.51. The molecule has 0 bridgehead atoms. The van der Waals surface area contributed by atoms with Crippen LogP contribution in [0.5, 0.6) is 0 Å². The van der Waals surface area contributed by atoms with E-state index in [-0.39, 0.29) is 0 Å². The van der Waals surface area contributed by atoms with Gasteiger partial charge in [0.1, 0.15) is 0 Å². The van der Waals surface area contributed by atoms with Gasteiger partial charge in [-0.25, -0.2) is 0 Å². The topological polar surface area (TPSA) is 12.0 Å². The molecule has 0 aromatic rings. The highest BCUT2D eigenvalue weighted by Crippen LogP contribution is 2.47. The second-order valence-electron chi connectivity index (χ2n) is 3.87. The van der Waals surface area contributed by atoms with Gasteiger partial charge in [0.15, 0.2) is 0 Å². The molecule has 1 heteroatoms. The van der Waals surface area contributed by atoms with E-state index in [2.05, 4.69) is 17.5 Å². The van der Waals surface area contributed by atoms with Gasteiger partial charge in [0.2, 0.25) is 0 Å². The van der Waals surface area contributed by atoms with Crippen molar-refractivity contribution in [1.82, 2.24) is 5.32 Å². The van der Waals surface area contributed by atoms with Crippen LogP contribution in [0.4, 0.5) is 0 Å². The van der Waals surface area contributed by atoms with Gasteiger partial charge in [0, 0.05) is 6.54 Å². The highest BCUT2D eigenvalue weighted by atomic mass is 14.9. The molecule has 0 aromatic heterocycles. The fourth-order valence-electron chi connectivity index (χ4n) is 2.21. The quantitative estimate of drug-likeness (QED) is 0.599. The Labute approximate surface area is 80.9 Å². The van der Waals surface area contributed by atoms with E-state index in [1.807, 2.05) is 13.8 Å². The zero-order valence-electron chi connectivity index (χ0n) is 8.64. The van der Waals surface area contributed by atoms with Crippen molar-refractivity contribution in [3.63, 3.8) is 0 Å². The molecule has 13 heavy (non-hydrogen) atoms. The summed E-state index contributed by atoms with van der Waals surface area (Å²) in [6, 6.07) is 0. The minimum atomic E-state index is 0.925. The largest absolute Gasteiger partial charge is 0.312 e. The first-order valence-corrected chi connectivity index (χ1v) is 5.56. The molecule has 3 rings (SSSR count). The Balaban J connectivity index is 0.000000308. The average Bonchev–Trinajstić information content (AvgIpc) is 2.95. The minimum Gasteiger partial charge on any atom is -0.312 e. The normalized spacial score (nSPS) is 34.3. The zero-order chi connectivity index (χ0) is 9.26. The van der Waals surface area contributed by atoms with Gasteiger partial charge in [-0.3, -0.25) is 0 Å². The molecule has 1 nitrogen and oxygen atoms in total. The lowest BCUT2D eigenvalue weighted by Gasteiger charge is -2.21. The van der Waals surface area contributed by atoms with Crippen LogP contribution in [0.25, 0.3) is 0 Å². The summed E-state index contributed by atoms with van der Waals surface area (Å²) in [6.07, 6.45) is 7.69. The third kappa shape index (κ3) is 1.71. The van der Waals surface area contributed by atoms with E-state index in [1.54, 1.807) is 11.1 Å². The molecule has 1 aliphatic heterocycles. The van der Waals surface area contributed by atoms with Gasteiger partial charge >= 0.3 is 0 Å². The number of allylic oxidation sites excluding steroid dienone is 2. The molecule has 2 aliphatic carbocycles. The van der Waals surface area contributed by atoms with Crippen LogP contribution in [0.1, 0.15) is 26.7 Å². The lowest BCUT2D eigenvalue weighted by Crippen LogP contribution is -2.26. The van der Waals surface area contributed by atoms with Gasteiger partial charge in [-0.05, 0) is 42.4 Å². The standard InChI is InChI=1S/C10H13N.C2H6/c1-2-11-6-10-5-9-4-8(9)3-7(1)10;1-2/h3,5,8-9,11H,1-2,4,6H2;1-2H3. The van der Waals surface area contributed by atoms with Crippen LogP contribution >= 0.6 is 0 Å². The van der Waals surface area contributed by atoms with Crippen molar-refractivity contribution in [1.29, 1.82) is 0 Å². The molecule has 0 spiro atoms.